The van der Waals surface area contributed by atoms with Crippen LogP contribution in [0.15, 0.2) is 16.9 Å². The molecule has 0 fully saturated rings. The molecule has 0 aliphatic rings. The average molecular weight is 230 g/mol. The topological polar surface area (TPSA) is 71.8 Å². The Morgan fingerprint density at radius 2 is 1.93 bits per heavy atom. The number of hydrogen-bond donors (Lipinski definition) is 2. The molecule has 0 unspecified atom stereocenters. The van der Waals surface area contributed by atoms with Gasteiger partial charge in [-0.25, -0.2) is 0 Å². The van der Waals surface area contributed by atoms with Crippen molar-refractivity contribution in [1.29, 1.82) is 0 Å². The van der Waals surface area contributed by atoms with E-state index in [0.29, 0.717) is 20.9 Å². The second kappa shape index (κ2) is 3.15. The third-order valence-electron chi connectivity index (χ3n) is 1.83. The quantitative estimate of drug-likeness (QED) is 0.724. The molecule has 1 aromatic carbocycles. The van der Waals surface area contributed by atoms with Crippen LogP contribution in [-0.4, -0.2) is 10.2 Å². The minimum Gasteiger partial charge on any atom is -0.379 e. The van der Waals surface area contributed by atoms with E-state index >= 15 is 0 Å². The number of hydrogen-bond acceptors (Lipinski definition) is 3. The van der Waals surface area contributed by atoms with E-state index in [-0.39, 0.29) is 11.2 Å². The van der Waals surface area contributed by atoms with Gasteiger partial charge in [0, 0.05) is 0 Å². The van der Waals surface area contributed by atoms with E-state index in [1.807, 2.05) is 0 Å². The third kappa shape index (κ3) is 1.32. The van der Waals surface area contributed by atoms with Gasteiger partial charge in [0.05, 0.1) is 20.9 Å². The highest BCUT2D eigenvalue weighted by Crippen LogP contribution is 2.25. The van der Waals surface area contributed by atoms with Gasteiger partial charge in [0.1, 0.15) is 0 Å². The van der Waals surface area contributed by atoms with Crippen LogP contribution in [0, 0.1) is 0 Å². The summed E-state index contributed by atoms with van der Waals surface area (Å²) in [5, 5.41) is 7.28. The van der Waals surface area contributed by atoms with E-state index in [1.54, 1.807) is 0 Å². The molecule has 0 saturated carbocycles. The zero-order valence-corrected chi connectivity index (χ0v) is 8.36. The zero-order chi connectivity index (χ0) is 10.3. The van der Waals surface area contributed by atoms with Crippen molar-refractivity contribution in [3.63, 3.8) is 0 Å². The van der Waals surface area contributed by atoms with Crippen molar-refractivity contribution in [1.82, 2.24) is 10.2 Å². The van der Waals surface area contributed by atoms with Crippen LogP contribution in [0.1, 0.15) is 0 Å². The Bertz CT molecular complexity index is 564. The molecule has 0 atom stereocenters. The molecule has 0 spiro atoms. The van der Waals surface area contributed by atoms with E-state index in [0.717, 1.165) is 0 Å². The van der Waals surface area contributed by atoms with Gasteiger partial charge in [-0.15, -0.1) is 0 Å². The lowest BCUT2D eigenvalue weighted by Gasteiger charge is -2.00. The van der Waals surface area contributed by atoms with Crippen molar-refractivity contribution in [2.45, 2.75) is 0 Å². The highest BCUT2D eigenvalue weighted by Gasteiger charge is 2.06. The number of nitrogens with zero attached hydrogens (tertiary/aromatic N) is 1. The molecule has 0 amide bonds. The number of fused-ring (bicyclic) bond motifs is 1. The molecule has 2 aromatic rings. The maximum Gasteiger partial charge on any atom is 0.231 e. The molecule has 14 heavy (non-hydrogen) atoms. The van der Waals surface area contributed by atoms with Crippen LogP contribution in [0.5, 0.6) is 0 Å². The molecule has 72 valence electrons. The molecular weight excluding hydrogens is 225 g/mol. The number of aromatic amines is 1. The maximum absolute atomic E-state index is 11.5. The Morgan fingerprint density at radius 1 is 1.29 bits per heavy atom. The van der Waals surface area contributed by atoms with Crippen molar-refractivity contribution < 1.29 is 0 Å². The molecular formula is C8H5Cl2N3O. The Kier molecular flexibility index (Phi) is 2.09. The molecule has 6 heteroatoms. The van der Waals surface area contributed by atoms with Crippen molar-refractivity contribution in [2.24, 2.45) is 0 Å². The summed E-state index contributed by atoms with van der Waals surface area (Å²) in [4.78, 5) is 11.5. The minimum atomic E-state index is -0.350. The number of rotatable bonds is 0. The number of aromatic nitrogens is 2. The second-order valence-electron chi connectivity index (χ2n) is 2.75. The lowest BCUT2D eigenvalue weighted by Crippen LogP contribution is -2.12. The summed E-state index contributed by atoms with van der Waals surface area (Å²) >= 11 is 11.5. The smallest absolute Gasteiger partial charge is 0.231 e. The predicted octanol–water partition coefficient (Wildman–Crippen LogP) is 1.81. The van der Waals surface area contributed by atoms with Gasteiger partial charge >= 0.3 is 0 Å². The average Bonchev–Trinajstić information content (AvgIpc) is 2.15. The number of halogens is 2. The first-order valence-corrected chi connectivity index (χ1v) is 4.48. The second-order valence-corrected chi connectivity index (χ2v) is 3.56. The van der Waals surface area contributed by atoms with Crippen molar-refractivity contribution in [2.75, 3.05) is 5.73 Å². The summed E-state index contributed by atoms with van der Waals surface area (Å²) in [7, 11) is 0. The lowest BCUT2D eigenvalue weighted by atomic mass is 10.2. The first-order chi connectivity index (χ1) is 6.59. The number of H-pyrrole nitrogens is 1. The summed E-state index contributed by atoms with van der Waals surface area (Å²) in [5.74, 6) is -0.0871. The molecule has 0 aliphatic carbocycles. The molecule has 1 heterocycles. The molecule has 0 aliphatic heterocycles. The number of anilines is 1. The summed E-state index contributed by atoms with van der Waals surface area (Å²) < 4.78 is 0. The van der Waals surface area contributed by atoms with Crippen LogP contribution >= 0.6 is 23.2 Å². The fourth-order valence-electron chi connectivity index (χ4n) is 1.14. The van der Waals surface area contributed by atoms with E-state index < -0.39 is 0 Å². The van der Waals surface area contributed by atoms with Crippen LogP contribution in [0.2, 0.25) is 10.0 Å². The molecule has 1 aromatic heterocycles. The Hall–Kier alpha value is -1.26. The summed E-state index contributed by atoms with van der Waals surface area (Å²) in [5.41, 5.74) is 5.51. The van der Waals surface area contributed by atoms with Gasteiger partial charge in [0.25, 0.3) is 0 Å². The first-order valence-electron chi connectivity index (χ1n) is 3.72. The Labute approximate surface area is 88.6 Å². The molecule has 3 N–H and O–H groups in total. The van der Waals surface area contributed by atoms with Gasteiger partial charge in [-0.3, -0.25) is 9.89 Å². The van der Waals surface area contributed by atoms with Crippen LogP contribution in [0.25, 0.3) is 10.9 Å². The van der Waals surface area contributed by atoms with Crippen molar-refractivity contribution >= 4 is 39.9 Å². The Morgan fingerprint density at radius 3 is 2.64 bits per heavy atom. The van der Waals surface area contributed by atoms with Gasteiger partial charge in [0.15, 0.2) is 5.82 Å². The minimum absolute atomic E-state index is 0.0871. The largest absolute Gasteiger partial charge is 0.379 e. The molecule has 2 rings (SSSR count). The van der Waals surface area contributed by atoms with E-state index in [4.69, 9.17) is 28.9 Å². The summed E-state index contributed by atoms with van der Waals surface area (Å²) in [6, 6.07) is 3.00. The molecule has 0 saturated heterocycles. The van der Waals surface area contributed by atoms with Gasteiger partial charge in [-0.05, 0) is 12.1 Å². The summed E-state index contributed by atoms with van der Waals surface area (Å²) in [6.07, 6.45) is 0. The van der Waals surface area contributed by atoms with Gasteiger partial charge in [-0.2, -0.15) is 5.10 Å². The third-order valence-corrected chi connectivity index (χ3v) is 2.56. The van der Waals surface area contributed by atoms with Crippen molar-refractivity contribution in [3.8, 4) is 0 Å². The monoisotopic (exact) mass is 229 g/mol. The van der Waals surface area contributed by atoms with Crippen LogP contribution in [0.4, 0.5) is 5.82 Å². The van der Waals surface area contributed by atoms with Gasteiger partial charge < -0.3 is 5.73 Å². The van der Waals surface area contributed by atoms with Crippen molar-refractivity contribution in [3.05, 3.63) is 32.4 Å². The molecule has 0 bridgehead atoms. The zero-order valence-electron chi connectivity index (χ0n) is 6.84. The molecule has 4 nitrogen and oxygen atoms in total. The lowest BCUT2D eigenvalue weighted by molar-refractivity contribution is 1.08. The van der Waals surface area contributed by atoms with Crippen LogP contribution in [0.3, 0.4) is 0 Å². The van der Waals surface area contributed by atoms with E-state index in [9.17, 15) is 4.79 Å². The van der Waals surface area contributed by atoms with E-state index in [1.165, 1.54) is 12.1 Å². The highest BCUT2D eigenvalue weighted by molar-refractivity contribution is 6.42. The predicted molar refractivity (Wildman–Crippen MR) is 56.8 cm³/mol. The number of nitrogens with two attached hydrogens (primary N) is 1. The SMILES string of the molecule is Nc1n[nH]c2cc(Cl)c(Cl)cc2c1=O. The Balaban J connectivity index is 2.97. The number of benzene rings is 1. The first kappa shape index (κ1) is 9.30. The normalized spacial score (nSPS) is 10.7. The molecule has 0 radical (unpaired) electrons. The fourth-order valence-corrected chi connectivity index (χ4v) is 1.46. The van der Waals surface area contributed by atoms with Crippen LogP contribution in [-0.2, 0) is 0 Å². The standard InChI is InChI=1S/C8H5Cl2N3O/c9-4-1-3-6(2-5(4)10)12-13-8(11)7(3)14/h1-2H,(H2,11,13)(H,12,14). The maximum atomic E-state index is 11.5. The number of nitrogen functional groups attached to an aromatic ring is 1. The van der Waals surface area contributed by atoms with E-state index in [2.05, 4.69) is 10.2 Å². The summed E-state index contributed by atoms with van der Waals surface area (Å²) in [6.45, 7) is 0. The number of nitrogens with one attached hydrogen (secondary N) is 1. The van der Waals surface area contributed by atoms with Crippen LogP contribution < -0.4 is 11.2 Å². The highest BCUT2D eigenvalue weighted by atomic mass is 35.5. The fraction of sp³-hybridized carbons (Fsp3) is 0. The van der Waals surface area contributed by atoms with Gasteiger partial charge in [0.2, 0.25) is 5.43 Å². The van der Waals surface area contributed by atoms with Gasteiger partial charge in [-0.1, -0.05) is 23.2 Å².